The first-order valence-electron chi connectivity index (χ1n) is 3.40. The summed E-state index contributed by atoms with van der Waals surface area (Å²) in [5, 5.41) is 9.95. The summed E-state index contributed by atoms with van der Waals surface area (Å²) in [6.45, 7) is -0.0489. The summed E-state index contributed by atoms with van der Waals surface area (Å²) in [4.78, 5) is 10.7. The van der Waals surface area contributed by atoms with Crippen molar-refractivity contribution < 1.29 is 5.11 Å². The minimum Gasteiger partial charge on any atom is -0.390 e. The Kier molecular flexibility index (Phi) is 1.71. The lowest BCUT2D eigenvalue weighted by Gasteiger charge is -1.88. The molecule has 2 aromatic rings. The van der Waals surface area contributed by atoms with Gasteiger partial charge in [-0.1, -0.05) is 11.6 Å². The van der Waals surface area contributed by atoms with Crippen molar-refractivity contribution in [3.63, 3.8) is 0 Å². The summed E-state index contributed by atoms with van der Waals surface area (Å²) in [6.07, 6.45) is 1.38. The van der Waals surface area contributed by atoms with Crippen LogP contribution in [0.25, 0.3) is 11.0 Å². The molecular weight excluding hydrogens is 178 g/mol. The highest BCUT2D eigenvalue weighted by atomic mass is 35.5. The fourth-order valence-electron chi connectivity index (χ4n) is 1.05. The van der Waals surface area contributed by atoms with Crippen LogP contribution in [0.5, 0.6) is 0 Å². The average molecular weight is 184 g/mol. The second kappa shape index (κ2) is 2.73. The van der Waals surface area contributed by atoms with Crippen molar-refractivity contribution in [2.24, 2.45) is 0 Å². The molecule has 0 aliphatic heterocycles. The van der Waals surface area contributed by atoms with Gasteiger partial charge in [0.05, 0.1) is 12.0 Å². The lowest BCUT2D eigenvalue weighted by atomic mass is 10.4. The average Bonchev–Trinajstić information content (AvgIpc) is 2.49. The van der Waals surface area contributed by atoms with Crippen molar-refractivity contribution in [3.8, 4) is 0 Å². The molecule has 5 heteroatoms. The molecule has 2 rings (SSSR count). The van der Waals surface area contributed by atoms with Crippen LogP contribution in [-0.4, -0.2) is 20.1 Å². The Hall–Kier alpha value is -1.13. The molecule has 0 amide bonds. The first kappa shape index (κ1) is 7.52. The van der Waals surface area contributed by atoms with Crippen LogP contribution in [0.15, 0.2) is 12.4 Å². The smallest absolute Gasteiger partial charge is 0.142 e. The zero-order chi connectivity index (χ0) is 8.55. The largest absolute Gasteiger partial charge is 0.390 e. The van der Waals surface area contributed by atoms with Gasteiger partial charge in [0, 0.05) is 5.69 Å². The lowest BCUT2D eigenvalue weighted by Crippen LogP contribution is -1.81. The number of aliphatic hydroxyl groups is 1. The van der Waals surface area contributed by atoms with Crippen LogP contribution in [0, 0.1) is 0 Å². The van der Waals surface area contributed by atoms with E-state index in [9.17, 15) is 0 Å². The number of aliphatic hydroxyl groups excluding tert-OH is 1. The summed E-state index contributed by atoms with van der Waals surface area (Å²) in [7, 11) is 0. The number of halogens is 1. The highest BCUT2D eigenvalue weighted by Crippen LogP contribution is 2.19. The van der Waals surface area contributed by atoms with Crippen molar-refractivity contribution in [2.75, 3.05) is 0 Å². The maximum atomic E-state index is 8.81. The van der Waals surface area contributed by atoms with Gasteiger partial charge in [0.25, 0.3) is 0 Å². The molecule has 4 nitrogen and oxygen atoms in total. The standard InChI is InChI=1S/C7H6ClN3O/c8-6-5-1-4(2-12)11-7(5)10-3-9-6/h1,3,12H,2H2,(H,9,10,11). The summed E-state index contributed by atoms with van der Waals surface area (Å²) < 4.78 is 0. The summed E-state index contributed by atoms with van der Waals surface area (Å²) in [6, 6.07) is 1.73. The van der Waals surface area contributed by atoms with Gasteiger partial charge in [-0.3, -0.25) is 0 Å². The lowest BCUT2D eigenvalue weighted by molar-refractivity contribution is 0.278. The van der Waals surface area contributed by atoms with E-state index in [4.69, 9.17) is 16.7 Å². The molecule has 0 spiro atoms. The predicted octanol–water partition coefficient (Wildman–Crippen LogP) is 1.10. The number of H-pyrrole nitrogens is 1. The number of hydrogen-bond donors (Lipinski definition) is 2. The van der Waals surface area contributed by atoms with Crippen molar-refractivity contribution in [1.82, 2.24) is 15.0 Å². The zero-order valence-corrected chi connectivity index (χ0v) is 6.84. The van der Waals surface area contributed by atoms with Crippen LogP contribution in [0.1, 0.15) is 5.69 Å². The van der Waals surface area contributed by atoms with Gasteiger partial charge in [-0.05, 0) is 6.07 Å². The van der Waals surface area contributed by atoms with E-state index in [1.165, 1.54) is 6.33 Å². The third-order valence-corrected chi connectivity index (χ3v) is 1.90. The molecule has 2 heterocycles. The molecule has 0 atom stereocenters. The number of aromatic nitrogens is 3. The van der Waals surface area contributed by atoms with E-state index in [2.05, 4.69) is 15.0 Å². The molecule has 2 aromatic heterocycles. The van der Waals surface area contributed by atoms with Gasteiger partial charge < -0.3 is 10.1 Å². The summed E-state index contributed by atoms with van der Waals surface area (Å²) in [5.41, 5.74) is 1.34. The SMILES string of the molecule is OCc1cc2c(Cl)ncnc2[nH]1. The van der Waals surface area contributed by atoms with Crippen molar-refractivity contribution in [1.29, 1.82) is 0 Å². The van der Waals surface area contributed by atoms with Crippen LogP contribution in [0.3, 0.4) is 0 Å². The molecule has 0 bridgehead atoms. The van der Waals surface area contributed by atoms with E-state index in [0.29, 0.717) is 16.5 Å². The number of rotatable bonds is 1. The molecule has 0 fully saturated rings. The zero-order valence-electron chi connectivity index (χ0n) is 6.08. The van der Waals surface area contributed by atoms with E-state index >= 15 is 0 Å². The monoisotopic (exact) mass is 183 g/mol. The first-order chi connectivity index (χ1) is 5.81. The maximum absolute atomic E-state index is 8.81. The normalized spacial score (nSPS) is 10.8. The van der Waals surface area contributed by atoms with E-state index < -0.39 is 0 Å². The quantitative estimate of drug-likeness (QED) is 0.651. The Labute approximate surface area is 73.2 Å². The van der Waals surface area contributed by atoms with Crippen molar-refractivity contribution in [2.45, 2.75) is 6.61 Å². The fraction of sp³-hybridized carbons (Fsp3) is 0.143. The Morgan fingerprint density at radius 3 is 3.00 bits per heavy atom. The van der Waals surface area contributed by atoms with Crippen molar-refractivity contribution in [3.05, 3.63) is 23.2 Å². The molecule has 0 saturated heterocycles. The minimum atomic E-state index is -0.0489. The molecule has 0 unspecified atom stereocenters. The Morgan fingerprint density at radius 2 is 2.33 bits per heavy atom. The molecule has 0 radical (unpaired) electrons. The molecule has 2 N–H and O–H groups in total. The summed E-state index contributed by atoms with van der Waals surface area (Å²) in [5.74, 6) is 0. The number of hydrogen-bond acceptors (Lipinski definition) is 3. The van der Waals surface area contributed by atoms with Gasteiger partial charge in [-0.2, -0.15) is 0 Å². The number of nitrogens with zero attached hydrogens (tertiary/aromatic N) is 2. The number of fused-ring (bicyclic) bond motifs is 1. The van der Waals surface area contributed by atoms with Gasteiger partial charge in [-0.25, -0.2) is 9.97 Å². The van der Waals surface area contributed by atoms with Crippen LogP contribution in [-0.2, 0) is 6.61 Å². The Bertz CT molecular complexity index is 412. The summed E-state index contributed by atoms with van der Waals surface area (Å²) >= 11 is 5.77. The number of aromatic amines is 1. The highest BCUT2D eigenvalue weighted by Gasteiger charge is 2.04. The maximum Gasteiger partial charge on any atom is 0.142 e. The van der Waals surface area contributed by atoms with E-state index in [0.717, 1.165) is 5.39 Å². The third kappa shape index (κ3) is 1.05. The minimum absolute atomic E-state index is 0.0489. The Balaban J connectivity index is 2.74. The third-order valence-electron chi connectivity index (χ3n) is 1.60. The van der Waals surface area contributed by atoms with Crippen LogP contribution >= 0.6 is 11.6 Å². The molecule has 12 heavy (non-hydrogen) atoms. The second-order valence-electron chi connectivity index (χ2n) is 2.38. The first-order valence-corrected chi connectivity index (χ1v) is 3.78. The molecule has 0 aliphatic rings. The molecule has 0 aromatic carbocycles. The second-order valence-corrected chi connectivity index (χ2v) is 2.74. The van der Waals surface area contributed by atoms with Gasteiger partial charge in [-0.15, -0.1) is 0 Å². The molecule has 0 saturated carbocycles. The van der Waals surface area contributed by atoms with E-state index in [-0.39, 0.29) is 6.61 Å². The van der Waals surface area contributed by atoms with Crippen LogP contribution in [0.4, 0.5) is 0 Å². The van der Waals surface area contributed by atoms with E-state index in [1.807, 2.05) is 0 Å². The van der Waals surface area contributed by atoms with Gasteiger partial charge >= 0.3 is 0 Å². The van der Waals surface area contributed by atoms with Crippen LogP contribution in [0.2, 0.25) is 5.15 Å². The fourth-order valence-corrected chi connectivity index (χ4v) is 1.24. The topological polar surface area (TPSA) is 61.8 Å². The molecular formula is C7H6ClN3O. The van der Waals surface area contributed by atoms with Crippen LogP contribution < -0.4 is 0 Å². The molecule has 62 valence electrons. The van der Waals surface area contributed by atoms with Gasteiger partial charge in [0.2, 0.25) is 0 Å². The molecule has 0 aliphatic carbocycles. The van der Waals surface area contributed by atoms with Crippen molar-refractivity contribution >= 4 is 22.6 Å². The predicted molar refractivity (Wildman–Crippen MR) is 44.8 cm³/mol. The van der Waals surface area contributed by atoms with Gasteiger partial charge in [0.15, 0.2) is 0 Å². The highest BCUT2D eigenvalue weighted by molar-refractivity contribution is 6.33. The Morgan fingerprint density at radius 1 is 1.50 bits per heavy atom. The number of nitrogens with one attached hydrogen (secondary N) is 1. The van der Waals surface area contributed by atoms with Gasteiger partial charge in [0.1, 0.15) is 17.1 Å². The van der Waals surface area contributed by atoms with E-state index in [1.54, 1.807) is 6.07 Å².